The van der Waals surface area contributed by atoms with Gasteiger partial charge in [0.15, 0.2) is 0 Å². The Morgan fingerprint density at radius 1 is 0.286 bits per heavy atom. The molecule has 7 heavy (non-hydrogen) atoms. The van der Waals surface area contributed by atoms with Gasteiger partial charge in [0.1, 0.15) is 0 Å². The molecule has 0 aromatic heterocycles. The van der Waals surface area contributed by atoms with E-state index in [9.17, 15) is 0 Å². The van der Waals surface area contributed by atoms with Gasteiger partial charge in [0.2, 0.25) is 0 Å². The summed E-state index contributed by atoms with van der Waals surface area (Å²) in [5.74, 6) is 0. The van der Waals surface area contributed by atoms with Gasteiger partial charge in [0.25, 0.3) is 0 Å². The summed E-state index contributed by atoms with van der Waals surface area (Å²) < 4.78 is 0. The zero-order chi connectivity index (χ0) is 0. The van der Waals surface area contributed by atoms with Gasteiger partial charge in [-0.15, -0.1) is 0 Å². The molecule has 0 nitrogen and oxygen atoms in total. The summed E-state index contributed by atoms with van der Waals surface area (Å²) in [6.07, 6.45) is 0. The van der Waals surface area contributed by atoms with E-state index in [0.29, 0.717) is 0 Å². The zero-order valence-electron chi connectivity index (χ0n) is 2.68. The van der Waals surface area contributed by atoms with Gasteiger partial charge in [0.05, 0.1) is 0 Å². The summed E-state index contributed by atoms with van der Waals surface area (Å²) in [7, 11) is 0. The van der Waals surface area contributed by atoms with Crippen LogP contribution in [-0.4, -0.2) is 0 Å². The third-order valence-corrected chi connectivity index (χ3v) is 0. The van der Waals surface area contributed by atoms with E-state index < -0.39 is 0 Å². The van der Waals surface area contributed by atoms with Crippen molar-refractivity contribution in [2.24, 2.45) is 0 Å². The molecule has 0 amide bonds. The second kappa shape index (κ2) is 2420. The van der Waals surface area contributed by atoms with Crippen molar-refractivity contribution in [2.45, 2.75) is 0 Å². The fourth-order valence-corrected chi connectivity index (χ4v) is 0. The van der Waals surface area contributed by atoms with Gasteiger partial charge in [-0.25, -0.2) is 0 Å². The molecule has 0 radical (unpaired) electrons. The summed E-state index contributed by atoms with van der Waals surface area (Å²) in [6.45, 7) is 0. The largest absolute Gasteiger partial charge is 1.00 e. The van der Waals surface area contributed by atoms with Gasteiger partial charge >= 0.3 is 0 Å². The van der Waals surface area contributed by atoms with Crippen molar-refractivity contribution in [3.8, 4) is 0 Å². The zero-order valence-corrected chi connectivity index (χ0v) is 4.68. The molecular weight excluding hydrogens is 210 g/mol. The molecule has 0 saturated carbocycles. The molecule has 0 aromatic rings. The maximum Gasteiger partial charge on any atom is 0 e. The van der Waals surface area contributed by atoms with Crippen molar-refractivity contribution >= 4 is 0 Å². The number of rotatable bonds is 0. The van der Waals surface area contributed by atoms with E-state index >= 15 is 0 Å². The molecule has 0 aliphatic rings. The Bertz CT molecular complexity index is 4.14. The molecule has 0 rings (SSSR count). The quantitative estimate of drug-likeness (QED) is 0.275. The standard InChI is InChI=1S/6FH.Mo/h6*1H;/p-6. The molecule has 0 bridgehead atoms. The Hall–Kier alpha value is 0.268. The van der Waals surface area contributed by atoms with Crippen LogP contribution in [0.5, 0.6) is 0 Å². The molecule has 0 spiro atoms. The van der Waals surface area contributed by atoms with E-state index in [0.717, 1.165) is 0 Å². The first-order valence-corrected chi connectivity index (χ1v) is 0. The minimum absolute atomic E-state index is 0. The van der Waals surface area contributed by atoms with E-state index in [1.54, 1.807) is 0 Å². The maximum atomic E-state index is 0. The van der Waals surface area contributed by atoms with Crippen LogP contribution in [0.2, 0.25) is 0 Å². The van der Waals surface area contributed by atoms with E-state index in [-0.39, 0.29) is 49.3 Å². The number of hydrogen-bond acceptors (Lipinski definition) is 0. The fourth-order valence-electron chi connectivity index (χ4n) is 0. The van der Waals surface area contributed by atoms with Crippen molar-refractivity contribution in [2.75, 3.05) is 0 Å². The molecule has 0 atom stereocenters. The van der Waals surface area contributed by atoms with Crippen LogP contribution in [0.15, 0.2) is 0 Å². The van der Waals surface area contributed by atoms with Gasteiger partial charge in [-0.2, -0.15) is 0 Å². The van der Waals surface area contributed by atoms with Crippen LogP contribution in [0.25, 0.3) is 0 Å². The fraction of sp³-hybridized carbons (Fsp3) is 0. The summed E-state index contributed by atoms with van der Waals surface area (Å²) in [5.41, 5.74) is 0. The molecule has 0 aliphatic heterocycles. The summed E-state index contributed by atoms with van der Waals surface area (Å²) >= 11 is 0. The van der Waals surface area contributed by atoms with E-state index in [4.69, 9.17) is 0 Å². The Balaban J connectivity index is 0. The topological polar surface area (TPSA) is 0 Å². The Kier molecular flexibility index (Phi) is 1370000. The van der Waals surface area contributed by atoms with Crippen LogP contribution in [-0.2, 0) is 21.1 Å². The predicted octanol–water partition coefficient (Wildman–Crippen LogP) is -18.0. The van der Waals surface area contributed by atoms with Gasteiger partial charge in [-0.05, 0) is 0 Å². The molecule has 54 valence electrons. The molecule has 0 unspecified atom stereocenters. The van der Waals surface area contributed by atoms with Crippen LogP contribution in [0.4, 0.5) is 0 Å². The van der Waals surface area contributed by atoms with E-state index in [2.05, 4.69) is 0 Å². The number of halogens is 6. The third kappa shape index (κ3) is 1590. The second-order valence-corrected chi connectivity index (χ2v) is 0. The van der Waals surface area contributed by atoms with Crippen molar-refractivity contribution in [3.63, 3.8) is 0 Å². The SMILES string of the molecule is [F-].[F-].[F-].[F-].[F-].[F-].[Mo]. The predicted molar refractivity (Wildman–Crippen MR) is 0 cm³/mol. The Morgan fingerprint density at radius 2 is 0.286 bits per heavy atom. The summed E-state index contributed by atoms with van der Waals surface area (Å²) in [4.78, 5) is 0. The van der Waals surface area contributed by atoms with Gasteiger partial charge in [0, 0.05) is 21.1 Å². The maximum absolute atomic E-state index is 0. The van der Waals surface area contributed by atoms with Crippen molar-refractivity contribution in [3.05, 3.63) is 0 Å². The average Bonchev–Trinajstić information content (AvgIpc) is 0. The van der Waals surface area contributed by atoms with Crippen LogP contribution < -0.4 is 28.2 Å². The van der Waals surface area contributed by atoms with Crippen LogP contribution >= 0.6 is 0 Å². The second-order valence-electron chi connectivity index (χ2n) is 0. The van der Waals surface area contributed by atoms with Gasteiger partial charge in [-0.1, -0.05) is 0 Å². The first-order chi connectivity index (χ1) is 0. The third-order valence-electron chi connectivity index (χ3n) is 0. The monoisotopic (exact) mass is 212 g/mol. The minimum Gasteiger partial charge on any atom is -1.00 e. The summed E-state index contributed by atoms with van der Waals surface area (Å²) in [6, 6.07) is 0. The van der Waals surface area contributed by atoms with Crippen LogP contribution in [0.1, 0.15) is 0 Å². The van der Waals surface area contributed by atoms with Crippen LogP contribution in [0, 0.1) is 0 Å². The molecular formula is F6Mo-6. The van der Waals surface area contributed by atoms with Gasteiger partial charge < -0.3 is 28.2 Å². The molecule has 0 heterocycles. The van der Waals surface area contributed by atoms with E-state index in [1.165, 1.54) is 0 Å². The van der Waals surface area contributed by atoms with Crippen molar-refractivity contribution < 1.29 is 49.3 Å². The minimum atomic E-state index is 0. The molecule has 0 fully saturated rings. The summed E-state index contributed by atoms with van der Waals surface area (Å²) in [5, 5.41) is 0. The normalized spacial score (nSPS) is 0. The van der Waals surface area contributed by atoms with E-state index in [1.807, 2.05) is 0 Å². The first kappa shape index (κ1) is 3970. The molecule has 7 heteroatoms. The smallest absolute Gasteiger partial charge is 0 e. The van der Waals surface area contributed by atoms with Crippen molar-refractivity contribution in [1.29, 1.82) is 0 Å². The van der Waals surface area contributed by atoms with Crippen molar-refractivity contribution in [1.82, 2.24) is 0 Å². The molecule has 0 aromatic carbocycles. The molecule has 0 saturated heterocycles. The first-order valence-electron chi connectivity index (χ1n) is 0. The molecule has 0 N–H and O–H groups in total. The average molecular weight is 210 g/mol. The number of hydrogen-bond donors (Lipinski definition) is 0. The van der Waals surface area contributed by atoms with Gasteiger partial charge in [-0.3, -0.25) is 0 Å². The Labute approximate surface area is 50.1 Å². The molecule has 0 aliphatic carbocycles. The van der Waals surface area contributed by atoms with Crippen LogP contribution in [0.3, 0.4) is 0 Å². The Morgan fingerprint density at radius 3 is 0.286 bits per heavy atom.